The molecule has 0 saturated heterocycles. The quantitative estimate of drug-likeness (QED) is 0.574. The highest BCUT2D eigenvalue weighted by atomic mass is 14.7. The van der Waals surface area contributed by atoms with E-state index < -0.39 is 0 Å². The fourth-order valence-corrected chi connectivity index (χ4v) is 1.11. The second-order valence-electron chi connectivity index (χ2n) is 2.97. The molecule has 0 aliphatic carbocycles. The number of aromatic nitrogens is 1. The zero-order valence-corrected chi connectivity index (χ0v) is 7.76. The van der Waals surface area contributed by atoms with E-state index in [0.717, 1.165) is 5.69 Å². The van der Waals surface area contributed by atoms with Crippen LogP contribution in [0.1, 0.15) is 37.9 Å². The number of hydrogen-bond donors (Lipinski definition) is 0. The Hall–Kier alpha value is -1.29. The highest BCUT2D eigenvalue weighted by molar-refractivity contribution is 5.36. The predicted molar refractivity (Wildman–Crippen MR) is 50.9 cm³/mol. The summed E-state index contributed by atoms with van der Waals surface area (Å²) in [5.74, 6) is 6.36. The third kappa shape index (κ3) is 1.85. The lowest BCUT2D eigenvalue weighted by atomic mass is 10.0. The smallest absolute Gasteiger partial charge is 0.116 e. The summed E-state index contributed by atoms with van der Waals surface area (Å²) >= 11 is 0. The van der Waals surface area contributed by atoms with Crippen molar-refractivity contribution < 1.29 is 0 Å². The van der Waals surface area contributed by atoms with Crippen LogP contribution in [0.5, 0.6) is 0 Å². The fraction of sp³-hybridized carbons (Fsp3) is 0.364. The largest absolute Gasteiger partial charge is 0.247 e. The van der Waals surface area contributed by atoms with Crippen LogP contribution >= 0.6 is 0 Å². The van der Waals surface area contributed by atoms with Crippen LogP contribution in [0.3, 0.4) is 0 Å². The minimum atomic E-state index is 0.495. The molecular weight excluding hydrogens is 146 g/mol. The van der Waals surface area contributed by atoms with Gasteiger partial charge in [-0.2, -0.15) is 0 Å². The lowest BCUT2D eigenvalue weighted by Crippen LogP contribution is -1.94. The van der Waals surface area contributed by atoms with E-state index in [1.165, 1.54) is 5.56 Å². The first-order valence-electron chi connectivity index (χ1n) is 4.13. The van der Waals surface area contributed by atoms with E-state index in [2.05, 4.69) is 36.7 Å². The van der Waals surface area contributed by atoms with Crippen LogP contribution in [0.2, 0.25) is 0 Å². The van der Waals surface area contributed by atoms with Gasteiger partial charge in [-0.15, -0.1) is 0 Å². The molecule has 1 rings (SSSR count). The molecule has 12 heavy (non-hydrogen) atoms. The van der Waals surface area contributed by atoms with Crippen LogP contribution in [0.4, 0.5) is 0 Å². The summed E-state index contributed by atoms with van der Waals surface area (Å²) in [7, 11) is 0. The number of hydrogen-bond acceptors (Lipinski definition) is 1. The van der Waals surface area contributed by atoms with E-state index in [1.54, 1.807) is 6.20 Å². The molecule has 0 amide bonds. The Balaban J connectivity index is 3.14. The van der Waals surface area contributed by atoms with Crippen LogP contribution in [-0.4, -0.2) is 4.98 Å². The second kappa shape index (κ2) is 3.92. The van der Waals surface area contributed by atoms with Crippen molar-refractivity contribution in [1.29, 1.82) is 0 Å². The molecule has 0 atom stereocenters. The summed E-state index contributed by atoms with van der Waals surface area (Å²) in [6, 6.07) is 4.04. The Morgan fingerprint density at radius 1 is 1.42 bits per heavy atom. The number of nitrogens with zero attached hydrogens (tertiary/aromatic N) is 1. The van der Waals surface area contributed by atoms with Gasteiger partial charge in [0.25, 0.3) is 0 Å². The molecule has 0 aliphatic heterocycles. The molecule has 1 heteroatoms. The molecule has 0 bridgehead atoms. The standard InChI is InChI=1S/C11H13N/c1-4-6-11-10(9(2)3)7-5-8-12-11/h5,7-9H,1-3H3. The summed E-state index contributed by atoms with van der Waals surface area (Å²) in [6.45, 7) is 6.13. The number of rotatable bonds is 1. The molecule has 0 aliphatic rings. The van der Waals surface area contributed by atoms with Crippen LogP contribution in [-0.2, 0) is 0 Å². The molecule has 0 unspecified atom stereocenters. The third-order valence-corrected chi connectivity index (χ3v) is 1.70. The SMILES string of the molecule is CC#Cc1ncccc1C(C)C. The molecule has 0 saturated carbocycles. The van der Waals surface area contributed by atoms with Gasteiger partial charge in [-0.3, -0.25) is 0 Å². The molecule has 1 aromatic rings. The van der Waals surface area contributed by atoms with E-state index in [-0.39, 0.29) is 0 Å². The van der Waals surface area contributed by atoms with Crippen molar-refractivity contribution in [1.82, 2.24) is 4.98 Å². The topological polar surface area (TPSA) is 12.9 Å². The van der Waals surface area contributed by atoms with Crippen molar-refractivity contribution in [3.05, 3.63) is 29.6 Å². The maximum Gasteiger partial charge on any atom is 0.116 e. The van der Waals surface area contributed by atoms with Gasteiger partial charge >= 0.3 is 0 Å². The van der Waals surface area contributed by atoms with E-state index in [1.807, 2.05) is 13.0 Å². The Labute approximate surface area is 73.8 Å². The van der Waals surface area contributed by atoms with Crippen LogP contribution < -0.4 is 0 Å². The summed E-state index contributed by atoms with van der Waals surface area (Å²) in [6.07, 6.45) is 1.78. The fourth-order valence-electron chi connectivity index (χ4n) is 1.11. The van der Waals surface area contributed by atoms with Crippen molar-refractivity contribution in [3.63, 3.8) is 0 Å². The minimum absolute atomic E-state index is 0.495. The molecule has 62 valence electrons. The van der Waals surface area contributed by atoms with Gasteiger partial charge in [-0.25, -0.2) is 4.98 Å². The molecule has 0 spiro atoms. The van der Waals surface area contributed by atoms with Crippen molar-refractivity contribution >= 4 is 0 Å². The van der Waals surface area contributed by atoms with Gasteiger partial charge in [-0.05, 0) is 30.4 Å². The summed E-state index contributed by atoms with van der Waals surface area (Å²) in [5.41, 5.74) is 2.14. The minimum Gasteiger partial charge on any atom is -0.247 e. The maximum atomic E-state index is 4.22. The van der Waals surface area contributed by atoms with Crippen LogP contribution in [0.15, 0.2) is 18.3 Å². The Kier molecular flexibility index (Phi) is 2.88. The van der Waals surface area contributed by atoms with Gasteiger partial charge < -0.3 is 0 Å². The monoisotopic (exact) mass is 159 g/mol. The van der Waals surface area contributed by atoms with Crippen LogP contribution in [0, 0.1) is 11.8 Å². The summed E-state index contributed by atoms with van der Waals surface area (Å²) in [4.78, 5) is 4.22. The van der Waals surface area contributed by atoms with E-state index in [0.29, 0.717) is 5.92 Å². The Morgan fingerprint density at radius 2 is 2.17 bits per heavy atom. The molecule has 0 aromatic carbocycles. The van der Waals surface area contributed by atoms with Crippen molar-refractivity contribution in [2.24, 2.45) is 0 Å². The average molecular weight is 159 g/mol. The molecule has 0 N–H and O–H groups in total. The lowest BCUT2D eigenvalue weighted by Gasteiger charge is -2.05. The Morgan fingerprint density at radius 3 is 2.75 bits per heavy atom. The first-order chi connectivity index (χ1) is 5.75. The van der Waals surface area contributed by atoms with Gasteiger partial charge in [0.1, 0.15) is 5.69 Å². The second-order valence-corrected chi connectivity index (χ2v) is 2.97. The molecule has 0 radical (unpaired) electrons. The maximum absolute atomic E-state index is 4.22. The van der Waals surface area contributed by atoms with Gasteiger partial charge in [0.15, 0.2) is 0 Å². The highest BCUT2D eigenvalue weighted by Gasteiger charge is 2.03. The molecule has 0 fully saturated rings. The lowest BCUT2D eigenvalue weighted by molar-refractivity contribution is 0.853. The van der Waals surface area contributed by atoms with Crippen molar-refractivity contribution in [3.8, 4) is 11.8 Å². The zero-order valence-electron chi connectivity index (χ0n) is 7.76. The predicted octanol–water partition coefficient (Wildman–Crippen LogP) is 2.58. The molecule has 1 nitrogen and oxygen atoms in total. The van der Waals surface area contributed by atoms with Crippen molar-refractivity contribution in [2.75, 3.05) is 0 Å². The molecular formula is C11H13N. The van der Waals surface area contributed by atoms with Gasteiger partial charge in [-0.1, -0.05) is 25.8 Å². The molecule has 1 aromatic heterocycles. The van der Waals surface area contributed by atoms with Crippen molar-refractivity contribution in [2.45, 2.75) is 26.7 Å². The summed E-state index contributed by atoms with van der Waals surface area (Å²) in [5, 5.41) is 0. The van der Waals surface area contributed by atoms with E-state index in [4.69, 9.17) is 0 Å². The van der Waals surface area contributed by atoms with E-state index in [9.17, 15) is 0 Å². The first kappa shape index (κ1) is 8.80. The molecule has 1 heterocycles. The third-order valence-electron chi connectivity index (χ3n) is 1.70. The van der Waals surface area contributed by atoms with E-state index >= 15 is 0 Å². The average Bonchev–Trinajstić information content (AvgIpc) is 2.05. The highest BCUT2D eigenvalue weighted by Crippen LogP contribution is 2.15. The Bertz CT molecular complexity index is 315. The first-order valence-corrected chi connectivity index (χ1v) is 4.13. The normalized spacial score (nSPS) is 9.33. The van der Waals surface area contributed by atoms with Gasteiger partial charge in [0.05, 0.1) is 0 Å². The van der Waals surface area contributed by atoms with Gasteiger partial charge in [0, 0.05) is 6.20 Å². The number of pyridine rings is 1. The summed E-state index contributed by atoms with van der Waals surface area (Å²) < 4.78 is 0. The van der Waals surface area contributed by atoms with Crippen LogP contribution in [0.25, 0.3) is 0 Å². The zero-order chi connectivity index (χ0) is 8.97. The van der Waals surface area contributed by atoms with Gasteiger partial charge in [0.2, 0.25) is 0 Å².